The fourth-order valence-electron chi connectivity index (χ4n) is 3.20. The highest BCUT2D eigenvalue weighted by Crippen LogP contribution is 2.41. The molecule has 124 valence electrons. The van der Waals surface area contributed by atoms with E-state index >= 15 is 0 Å². The lowest BCUT2D eigenvalue weighted by Crippen LogP contribution is -2.49. The van der Waals surface area contributed by atoms with Crippen molar-refractivity contribution in [1.29, 1.82) is 0 Å². The maximum Gasteiger partial charge on any atom is 0.326 e. The monoisotopic (exact) mass is 319 g/mol. The fraction of sp³-hybridized carbons (Fsp3) is 0.471. The van der Waals surface area contributed by atoms with Crippen LogP contribution in [0, 0.1) is 0 Å². The Morgan fingerprint density at radius 3 is 2.22 bits per heavy atom. The van der Waals surface area contributed by atoms with Gasteiger partial charge in [-0.3, -0.25) is 9.59 Å². The number of benzene rings is 1. The molecule has 6 heteroatoms. The number of amides is 1. The van der Waals surface area contributed by atoms with Gasteiger partial charge in [0.2, 0.25) is 5.91 Å². The Hall–Kier alpha value is -2.37. The Morgan fingerprint density at radius 2 is 1.70 bits per heavy atom. The van der Waals surface area contributed by atoms with Gasteiger partial charge in [-0.15, -0.1) is 0 Å². The van der Waals surface area contributed by atoms with Crippen LogP contribution in [0.3, 0.4) is 0 Å². The summed E-state index contributed by atoms with van der Waals surface area (Å²) in [6, 6.07) is 8.19. The van der Waals surface area contributed by atoms with Crippen LogP contribution in [-0.4, -0.2) is 34.1 Å². The molecule has 2 rings (SSSR count). The topological polar surface area (TPSA) is 104 Å². The minimum atomic E-state index is -1.21. The summed E-state index contributed by atoms with van der Waals surface area (Å²) in [5.74, 6) is -2.61. The summed E-state index contributed by atoms with van der Waals surface area (Å²) in [5.41, 5.74) is 0.176. The first-order valence-electron chi connectivity index (χ1n) is 7.77. The van der Waals surface area contributed by atoms with E-state index in [-0.39, 0.29) is 18.7 Å². The van der Waals surface area contributed by atoms with Crippen LogP contribution in [0.1, 0.15) is 44.1 Å². The zero-order chi connectivity index (χ0) is 16.9. The van der Waals surface area contributed by atoms with Crippen molar-refractivity contribution in [2.24, 2.45) is 0 Å². The molecule has 1 aromatic carbocycles. The Balaban J connectivity index is 2.18. The maximum atomic E-state index is 12.8. The Kier molecular flexibility index (Phi) is 5.36. The van der Waals surface area contributed by atoms with Gasteiger partial charge in [-0.1, -0.05) is 43.2 Å². The second-order valence-corrected chi connectivity index (χ2v) is 5.95. The molecule has 6 nitrogen and oxygen atoms in total. The number of carbonyl (C=O) groups is 3. The third-order valence-corrected chi connectivity index (χ3v) is 4.47. The molecular weight excluding hydrogens is 298 g/mol. The predicted molar refractivity (Wildman–Crippen MR) is 83.0 cm³/mol. The molecule has 1 fully saturated rings. The zero-order valence-corrected chi connectivity index (χ0v) is 12.8. The largest absolute Gasteiger partial charge is 0.481 e. The second kappa shape index (κ2) is 7.26. The average Bonchev–Trinajstić information content (AvgIpc) is 3.02. The van der Waals surface area contributed by atoms with E-state index in [9.17, 15) is 19.5 Å². The number of nitrogens with one attached hydrogen (secondary N) is 1. The van der Waals surface area contributed by atoms with E-state index < -0.39 is 23.4 Å². The lowest BCUT2D eigenvalue weighted by atomic mass is 9.77. The van der Waals surface area contributed by atoms with Crippen LogP contribution < -0.4 is 5.32 Å². The van der Waals surface area contributed by atoms with Gasteiger partial charge in [0.15, 0.2) is 0 Å². The second-order valence-electron chi connectivity index (χ2n) is 5.95. The van der Waals surface area contributed by atoms with Crippen LogP contribution in [0.5, 0.6) is 0 Å². The summed E-state index contributed by atoms with van der Waals surface area (Å²) >= 11 is 0. The standard InChI is InChI=1S/C17H21NO5/c19-14(20)9-8-13(15(21)22)18-16(23)17(10-4-5-11-17)12-6-2-1-3-7-12/h1-3,6-7,13H,4-5,8-11H2,(H,18,23)(H,19,20)(H,21,22)/t13-/m0/s1. The van der Waals surface area contributed by atoms with E-state index in [1.54, 1.807) is 0 Å². The fourth-order valence-corrected chi connectivity index (χ4v) is 3.20. The van der Waals surface area contributed by atoms with Crippen molar-refractivity contribution in [3.63, 3.8) is 0 Å². The highest BCUT2D eigenvalue weighted by atomic mass is 16.4. The van der Waals surface area contributed by atoms with Gasteiger partial charge in [0.1, 0.15) is 6.04 Å². The molecule has 3 N–H and O–H groups in total. The van der Waals surface area contributed by atoms with Gasteiger partial charge >= 0.3 is 11.9 Å². The molecule has 1 aromatic rings. The van der Waals surface area contributed by atoms with Crippen molar-refractivity contribution >= 4 is 17.8 Å². The highest BCUT2D eigenvalue weighted by Gasteiger charge is 2.43. The van der Waals surface area contributed by atoms with Crippen LogP contribution in [0.2, 0.25) is 0 Å². The Morgan fingerprint density at radius 1 is 1.09 bits per heavy atom. The molecule has 0 saturated heterocycles. The summed E-state index contributed by atoms with van der Waals surface area (Å²) in [4.78, 5) is 34.7. The normalized spacial score (nSPS) is 17.4. The lowest BCUT2D eigenvalue weighted by molar-refractivity contribution is -0.144. The van der Waals surface area contributed by atoms with E-state index in [4.69, 9.17) is 5.11 Å². The molecule has 1 aliphatic rings. The number of carboxylic acid groups (broad SMARTS) is 2. The van der Waals surface area contributed by atoms with Crippen LogP contribution in [0.4, 0.5) is 0 Å². The first-order chi connectivity index (χ1) is 11.0. The van der Waals surface area contributed by atoms with Gasteiger partial charge in [-0.05, 0) is 24.8 Å². The third-order valence-electron chi connectivity index (χ3n) is 4.47. The van der Waals surface area contributed by atoms with E-state index in [2.05, 4.69) is 5.32 Å². The van der Waals surface area contributed by atoms with Crippen LogP contribution >= 0.6 is 0 Å². The summed E-state index contributed by atoms with van der Waals surface area (Å²) in [6.45, 7) is 0. The minimum absolute atomic E-state index is 0.124. The van der Waals surface area contributed by atoms with Gasteiger partial charge in [0.25, 0.3) is 0 Å². The molecule has 0 aromatic heterocycles. The number of aliphatic carboxylic acids is 2. The van der Waals surface area contributed by atoms with Gasteiger partial charge < -0.3 is 15.5 Å². The molecule has 23 heavy (non-hydrogen) atoms. The zero-order valence-electron chi connectivity index (χ0n) is 12.8. The number of carboxylic acids is 2. The summed E-state index contributed by atoms with van der Waals surface area (Å²) in [7, 11) is 0. The summed E-state index contributed by atoms with van der Waals surface area (Å²) in [5, 5.41) is 20.5. The predicted octanol–water partition coefficient (Wildman–Crippen LogP) is 1.93. The van der Waals surface area contributed by atoms with Crippen LogP contribution in [0.25, 0.3) is 0 Å². The van der Waals surface area contributed by atoms with Crippen LogP contribution in [0.15, 0.2) is 30.3 Å². The van der Waals surface area contributed by atoms with Gasteiger partial charge in [0, 0.05) is 6.42 Å². The number of rotatable bonds is 7. The Bertz CT molecular complexity index is 578. The van der Waals surface area contributed by atoms with E-state index in [1.165, 1.54) is 0 Å². The number of hydrogen-bond acceptors (Lipinski definition) is 3. The van der Waals surface area contributed by atoms with Gasteiger partial charge in [-0.25, -0.2) is 4.79 Å². The quantitative estimate of drug-likeness (QED) is 0.712. The first-order valence-corrected chi connectivity index (χ1v) is 7.77. The molecular formula is C17H21NO5. The molecule has 0 aliphatic heterocycles. The van der Waals surface area contributed by atoms with Gasteiger partial charge in [0.05, 0.1) is 5.41 Å². The Labute approximate surface area is 134 Å². The first kappa shape index (κ1) is 17.0. The molecule has 0 unspecified atom stereocenters. The molecule has 0 radical (unpaired) electrons. The van der Waals surface area contributed by atoms with Crippen molar-refractivity contribution < 1.29 is 24.6 Å². The molecule has 1 amide bonds. The molecule has 1 saturated carbocycles. The summed E-state index contributed by atoms with van der Waals surface area (Å²) in [6.07, 6.45) is 2.75. The molecule has 0 heterocycles. The summed E-state index contributed by atoms with van der Waals surface area (Å²) < 4.78 is 0. The van der Waals surface area contributed by atoms with Crippen LogP contribution in [-0.2, 0) is 19.8 Å². The van der Waals surface area contributed by atoms with Crippen molar-refractivity contribution in [3.05, 3.63) is 35.9 Å². The molecule has 1 aliphatic carbocycles. The highest BCUT2D eigenvalue weighted by molar-refractivity contribution is 5.92. The number of hydrogen-bond donors (Lipinski definition) is 3. The maximum absolute atomic E-state index is 12.8. The van der Waals surface area contributed by atoms with Crippen molar-refractivity contribution in [1.82, 2.24) is 5.32 Å². The number of carbonyl (C=O) groups excluding carboxylic acids is 1. The third kappa shape index (κ3) is 3.88. The van der Waals surface area contributed by atoms with E-state index in [1.807, 2.05) is 30.3 Å². The van der Waals surface area contributed by atoms with Crippen molar-refractivity contribution in [2.75, 3.05) is 0 Å². The molecule has 0 bridgehead atoms. The molecule has 1 atom stereocenters. The SMILES string of the molecule is O=C(O)CC[C@H](NC(=O)C1(c2ccccc2)CCCC1)C(=O)O. The average molecular weight is 319 g/mol. The minimum Gasteiger partial charge on any atom is -0.481 e. The molecule has 0 spiro atoms. The van der Waals surface area contributed by atoms with E-state index in [0.29, 0.717) is 12.8 Å². The lowest BCUT2D eigenvalue weighted by Gasteiger charge is -2.30. The van der Waals surface area contributed by atoms with E-state index in [0.717, 1.165) is 18.4 Å². The van der Waals surface area contributed by atoms with Gasteiger partial charge in [-0.2, -0.15) is 0 Å². The van der Waals surface area contributed by atoms with Crippen molar-refractivity contribution in [2.45, 2.75) is 50.0 Å². The van der Waals surface area contributed by atoms with Crippen molar-refractivity contribution in [3.8, 4) is 0 Å². The smallest absolute Gasteiger partial charge is 0.326 e.